The SMILES string of the molecule is CN(C(=O)OCc1c(-c2ncc(O[C@H]3CCC[C@H](C(=O)O)C3)cn2)cnn1C)C1CCCC1. The molecule has 178 valence electrons. The number of ether oxygens (including phenoxy) is 2. The van der Waals surface area contributed by atoms with Crippen molar-refractivity contribution in [1.82, 2.24) is 24.6 Å². The van der Waals surface area contributed by atoms with Crippen LogP contribution < -0.4 is 4.74 Å². The lowest BCUT2D eigenvalue weighted by molar-refractivity contribution is -0.143. The molecule has 2 heterocycles. The number of aryl methyl sites for hydroxylation is 1. The zero-order chi connectivity index (χ0) is 23.4. The molecular formula is C23H31N5O5. The van der Waals surface area contributed by atoms with E-state index in [1.807, 2.05) is 0 Å². The number of rotatable bonds is 7. The Morgan fingerprint density at radius 1 is 1.12 bits per heavy atom. The first-order valence-electron chi connectivity index (χ1n) is 11.5. The molecule has 0 aromatic carbocycles. The molecular weight excluding hydrogens is 426 g/mol. The van der Waals surface area contributed by atoms with Gasteiger partial charge >= 0.3 is 12.1 Å². The monoisotopic (exact) mass is 457 g/mol. The van der Waals surface area contributed by atoms with Crippen LogP contribution in [0.2, 0.25) is 0 Å². The molecule has 2 aromatic rings. The van der Waals surface area contributed by atoms with Crippen LogP contribution in [-0.2, 0) is 23.2 Å². The molecule has 2 aliphatic carbocycles. The molecule has 0 radical (unpaired) electrons. The fourth-order valence-electron chi connectivity index (χ4n) is 4.68. The summed E-state index contributed by atoms with van der Waals surface area (Å²) in [5.41, 5.74) is 1.39. The Bertz CT molecular complexity index is 970. The van der Waals surface area contributed by atoms with Crippen LogP contribution in [0.25, 0.3) is 11.4 Å². The van der Waals surface area contributed by atoms with Gasteiger partial charge in [-0.05, 0) is 38.5 Å². The molecule has 2 atom stereocenters. The number of aliphatic carboxylic acids is 1. The zero-order valence-corrected chi connectivity index (χ0v) is 19.1. The Morgan fingerprint density at radius 2 is 1.85 bits per heavy atom. The van der Waals surface area contributed by atoms with Gasteiger partial charge in [0.1, 0.15) is 6.61 Å². The molecule has 10 heteroatoms. The van der Waals surface area contributed by atoms with E-state index in [0.29, 0.717) is 35.7 Å². The van der Waals surface area contributed by atoms with E-state index < -0.39 is 5.97 Å². The zero-order valence-electron chi connectivity index (χ0n) is 19.1. The highest BCUT2D eigenvalue weighted by Crippen LogP contribution is 2.29. The minimum atomic E-state index is -0.769. The van der Waals surface area contributed by atoms with Crippen LogP contribution in [0.3, 0.4) is 0 Å². The Hall–Kier alpha value is -3.17. The van der Waals surface area contributed by atoms with Crippen LogP contribution in [0.1, 0.15) is 57.1 Å². The summed E-state index contributed by atoms with van der Waals surface area (Å²) in [6.07, 6.45) is 11.5. The van der Waals surface area contributed by atoms with Gasteiger partial charge in [0, 0.05) is 20.1 Å². The molecule has 10 nitrogen and oxygen atoms in total. The Labute approximate surface area is 192 Å². The van der Waals surface area contributed by atoms with Crippen LogP contribution in [0.4, 0.5) is 4.79 Å². The van der Waals surface area contributed by atoms with E-state index in [9.17, 15) is 14.7 Å². The lowest BCUT2D eigenvalue weighted by Crippen LogP contribution is -2.35. The fourth-order valence-corrected chi connectivity index (χ4v) is 4.68. The van der Waals surface area contributed by atoms with Crippen molar-refractivity contribution in [3.63, 3.8) is 0 Å². The first-order chi connectivity index (χ1) is 15.9. The average Bonchev–Trinajstić information content (AvgIpc) is 3.48. The van der Waals surface area contributed by atoms with Gasteiger partial charge in [0.2, 0.25) is 0 Å². The molecule has 0 unspecified atom stereocenters. The van der Waals surface area contributed by atoms with Gasteiger partial charge in [-0.3, -0.25) is 9.48 Å². The number of carbonyl (C=O) groups excluding carboxylic acids is 1. The summed E-state index contributed by atoms with van der Waals surface area (Å²) in [5, 5.41) is 13.5. The highest BCUT2D eigenvalue weighted by Gasteiger charge is 2.28. The number of carbonyl (C=O) groups is 2. The Balaban J connectivity index is 1.38. The molecule has 1 amide bonds. The van der Waals surface area contributed by atoms with E-state index >= 15 is 0 Å². The number of carboxylic acids is 1. The molecule has 0 bridgehead atoms. The number of aromatic nitrogens is 4. The summed E-state index contributed by atoms with van der Waals surface area (Å²) in [5.74, 6) is -0.172. The standard InChI is InChI=1S/C23H31N5O5/c1-27(16-7-3-4-8-16)23(31)32-14-20-19(13-26-28(20)2)21-24-11-18(12-25-21)33-17-9-5-6-15(10-17)22(29)30/h11-13,15-17H,3-10,14H2,1-2H3,(H,29,30)/t15-,17-/m0/s1. The maximum Gasteiger partial charge on any atom is 0.410 e. The average molecular weight is 458 g/mol. The van der Waals surface area contributed by atoms with Crippen LogP contribution in [0, 0.1) is 5.92 Å². The van der Waals surface area contributed by atoms with E-state index in [4.69, 9.17) is 9.47 Å². The van der Waals surface area contributed by atoms with E-state index in [0.717, 1.165) is 38.5 Å². The van der Waals surface area contributed by atoms with Gasteiger partial charge in [-0.15, -0.1) is 0 Å². The maximum atomic E-state index is 12.5. The molecule has 2 saturated carbocycles. The van der Waals surface area contributed by atoms with Crippen molar-refractivity contribution in [3.05, 3.63) is 24.3 Å². The van der Waals surface area contributed by atoms with E-state index in [2.05, 4.69) is 15.1 Å². The highest BCUT2D eigenvalue weighted by atomic mass is 16.6. The van der Waals surface area contributed by atoms with Gasteiger partial charge in [0.25, 0.3) is 0 Å². The summed E-state index contributed by atoms with van der Waals surface area (Å²) >= 11 is 0. The summed E-state index contributed by atoms with van der Waals surface area (Å²) in [6, 6.07) is 0.245. The van der Waals surface area contributed by atoms with E-state index in [-0.39, 0.29) is 30.8 Å². The molecule has 0 saturated heterocycles. The molecule has 0 aliphatic heterocycles. The fraction of sp³-hybridized carbons (Fsp3) is 0.609. The van der Waals surface area contributed by atoms with Gasteiger partial charge < -0.3 is 19.5 Å². The molecule has 2 aromatic heterocycles. The third-order valence-electron chi connectivity index (χ3n) is 6.70. The summed E-state index contributed by atoms with van der Waals surface area (Å²) in [7, 11) is 3.57. The topological polar surface area (TPSA) is 120 Å². The summed E-state index contributed by atoms with van der Waals surface area (Å²) in [6.45, 7) is 0.0714. The second-order valence-corrected chi connectivity index (χ2v) is 8.92. The summed E-state index contributed by atoms with van der Waals surface area (Å²) < 4.78 is 13.1. The van der Waals surface area contributed by atoms with Crippen LogP contribution in [0.15, 0.2) is 18.6 Å². The number of carboxylic acid groups (broad SMARTS) is 1. The lowest BCUT2D eigenvalue weighted by atomic mass is 9.87. The molecule has 2 aliphatic rings. The van der Waals surface area contributed by atoms with Gasteiger partial charge in [-0.2, -0.15) is 5.10 Å². The van der Waals surface area contributed by atoms with Crippen molar-refractivity contribution in [1.29, 1.82) is 0 Å². The van der Waals surface area contributed by atoms with Crippen molar-refractivity contribution in [2.24, 2.45) is 13.0 Å². The third kappa shape index (κ3) is 5.43. The predicted molar refractivity (Wildman–Crippen MR) is 118 cm³/mol. The predicted octanol–water partition coefficient (Wildman–Crippen LogP) is 3.41. The Kier molecular flexibility index (Phi) is 7.10. The van der Waals surface area contributed by atoms with Gasteiger partial charge in [0.15, 0.2) is 11.6 Å². The first kappa shape index (κ1) is 23.0. The van der Waals surface area contributed by atoms with Gasteiger partial charge in [0.05, 0.1) is 41.9 Å². The second kappa shape index (κ2) is 10.2. The largest absolute Gasteiger partial charge is 0.487 e. The van der Waals surface area contributed by atoms with E-state index in [1.165, 1.54) is 0 Å². The van der Waals surface area contributed by atoms with Crippen molar-refractivity contribution in [3.8, 4) is 17.1 Å². The minimum Gasteiger partial charge on any atom is -0.487 e. The third-order valence-corrected chi connectivity index (χ3v) is 6.70. The lowest BCUT2D eigenvalue weighted by Gasteiger charge is -2.27. The van der Waals surface area contributed by atoms with Gasteiger partial charge in [-0.25, -0.2) is 14.8 Å². The smallest absolute Gasteiger partial charge is 0.410 e. The molecule has 0 spiro atoms. The highest BCUT2D eigenvalue weighted by molar-refractivity contribution is 5.70. The normalized spacial score (nSPS) is 21.0. The number of hydrogen-bond acceptors (Lipinski definition) is 7. The second-order valence-electron chi connectivity index (χ2n) is 8.92. The number of nitrogens with zero attached hydrogens (tertiary/aromatic N) is 5. The van der Waals surface area contributed by atoms with Gasteiger partial charge in [-0.1, -0.05) is 12.8 Å². The maximum absolute atomic E-state index is 12.5. The van der Waals surface area contributed by atoms with Crippen molar-refractivity contribution in [2.45, 2.75) is 70.1 Å². The first-order valence-corrected chi connectivity index (χ1v) is 11.5. The van der Waals surface area contributed by atoms with E-state index in [1.54, 1.807) is 42.3 Å². The molecule has 4 rings (SSSR count). The minimum absolute atomic E-state index is 0.0714. The molecule has 2 fully saturated rings. The molecule has 33 heavy (non-hydrogen) atoms. The molecule has 1 N–H and O–H groups in total. The van der Waals surface area contributed by atoms with Crippen molar-refractivity contribution < 1.29 is 24.2 Å². The van der Waals surface area contributed by atoms with Crippen LogP contribution >= 0.6 is 0 Å². The summed E-state index contributed by atoms with van der Waals surface area (Å²) in [4.78, 5) is 34.2. The van der Waals surface area contributed by atoms with Crippen LogP contribution in [-0.4, -0.2) is 61.0 Å². The quantitative estimate of drug-likeness (QED) is 0.672. The van der Waals surface area contributed by atoms with Crippen molar-refractivity contribution >= 4 is 12.1 Å². The Morgan fingerprint density at radius 3 is 2.55 bits per heavy atom. The van der Waals surface area contributed by atoms with Crippen LogP contribution in [0.5, 0.6) is 5.75 Å². The number of hydrogen-bond donors (Lipinski definition) is 1. The van der Waals surface area contributed by atoms with Crippen molar-refractivity contribution in [2.75, 3.05) is 7.05 Å². The number of amides is 1.